The number of hydrogen-bond acceptors (Lipinski definition) is 3. The van der Waals surface area contributed by atoms with Crippen molar-refractivity contribution in [2.24, 2.45) is 28.1 Å². The highest BCUT2D eigenvalue weighted by Gasteiger charge is 2.69. The first-order valence-electron chi connectivity index (χ1n) is 7.22. The molecule has 1 spiro atoms. The molecule has 2 fully saturated rings. The molecule has 3 nitrogen and oxygen atoms in total. The maximum Gasteiger partial charge on any atom is 0.316 e. The number of carbonyl (C=O) groups excluding carboxylic acids is 2. The van der Waals surface area contributed by atoms with E-state index in [1.807, 2.05) is 13.0 Å². The Morgan fingerprint density at radius 3 is 2.58 bits per heavy atom. The molecule has 0 saturated heterocycles. The van der Waals surface area contributed by atoms with Crippen LogP contribution in [-0.4, -0.2) is 19.4 Å². The molecule has 0 unspecified atom stereocenters. The molecule has 3 heteroatoms. The summed E-state index contributed by atoms with van der Waals surface area (Å²) in [5, 5.41) is 0. The number of fused-ring (bicyclic) bond motifs is 1. The van der Waals surface area contributed by atoms with Gasteiger partial charge in [-0.2, -0.15) is 0 Å². The number of allylic oxidation sites excluding steroid dienone is 1. The van der Waals surface area contributed by atoms with E-state index in [-0.39, 0.29) is 17.3 Å². The van der Waals surface area contributed by atoms with Crippen molar-refractivity contribution in [1.29, 1.82) is 0 Å². The normalized spacial score (nSPS) is 50.9. The van der Waals surface area contributed by atoms with E-state index in [1.165, 1.54) is 7.11 Å². The van der Waals surface area contributed by atoms with E-state index >= 15 is 0 Å². The van der Waals surface area contributed by atoms with Gasteiger partial charge in [0.25, 0.3) is 0 Å². The Bertz CT molecular complexity index is 469. The van der Waals surface area contributed by atoms with Crippen molar-refractivity contribution < 1.29 is 14.3 Å². The minimum absolute atomic E-state index is 0.130. The zero-order valence-electron chi connectivity index (χ0n) is 11.9. The second-order valence-electron chi connectivity index (χ2n) is 6.84. The van der Waals surface area contributed by atoms with Gasteiger partial charge in [0.2, 0.25) is 0 Å². The molecule has 19 heavy (non-hydrogen) atoms. The summed E-state index contributed by atoms with van der Waals surface area (Å²) < 4.78 is 5.03. The average molecular weight is 262 g/mol. The summed E-state index contributed by atoms with van der Waals surface area (Å²) in [6, 6.07) is 0. The minimum Gasteiger partial charge on any atom is -0.468 e. The van der Waals surface area contributed by atoms with Gasteiger partial charge in [0.1, 0.15) is 6.29 Å². The molecule has 0 aromatic heterocycles. The van der Waals surface area contributed by atoms with Gasteiger partial charge in [-0.05, 0) is 42.9 Å². The third kappa shape index (κ3) is 1.20. The van der Waals surface area contributed by atoms with Gasteiger partial charge >= 0.3 is 5.97 Å². The number of esters is 1. The van der Waals surface area contributed by atoms with E-state index in [0.29, 0.717) is 5.92 Å². The molecule has 104 valence electrons. The minimum atomic E-state index is -0.736. The van der Waals surface area contributed by atoms with Crippen molar-refractivity contribution in [2.45, 2.75) is 39.5 Å². The van der Waals surface area contributed by atoms with Gasteiger partial charge in [0.15, 0.2) is 0 Å². The van der Waals surface area contributed by atoms with E-state index in [0.717, 1.165) is 32.0 Å². The van der Waals surface area contributed by atoms with E-state index < -0.39 is 10.8 Å². The summed E-state index contributed by atoms with van der Waals surface area (Å²) in [4.78, 5) is 24.3. The Balaban J connectivity index is 2.20. The lowest BCUT2D eigenvalue weighted by Gasteiger charge is -2.60. The van der Waals surface area contributed by atoms with Crippen molar-refractivity contribution in [2.75, 3.05) is 7.11 Å². The van der Waals surface area contributed by atoms with Crippen molar-refractivity contribution in [3.63, 3.8) is 0 Å². The first kappa shape index (κ1) is 12.9. The number of rotatable bonds is 2. The lowest BCUT2D eigenvalue weighted by molar-refractivity contribution is -0.175. The largest absolute Gasteiger partial charge is 0.468 e. The van der Waals surface area contributed by atoms with Crippen LogP contribution in [0.4, 0.5) is 0 Å². The van der Waals surface area contributed by atoms with Gasteiger partial charge < -0.3 is 9.53 Å². The molecule has 2 saturated carbocycles. The molecule has 0 aliphatic heterocycles. The molecule has 0 heterocycles. The van der Waals surface area contributed by atoms with E-state index in [1.54, 1.807) is 0 Å². The van der Waals surface area contributed by atoms with Crippen molar-refractivity contribution in [3.05, 3.63) is 12.2 Å². The van der Waals surface area contributed by atoms with Crippen LogP contribution in [0.5, 0.6) is 0 Å². The quantitative estimate of drug-likeness (QED) is 0.436. The fourth-order valence-corrected chi connectivity index (χ4v) is 5.25. The molecule has 5 atom stereocenters. The van der Waals surface area contributed by atoms with Crippen LogP contribution in [0.15, 0.2) is 12.2 Å². The van der Waals surface area contributed by atoms with Crippen LogP contribution in [0, 0.1) is 28.1 Å². The second kappa shape index (κ2) is 3.71. The van der Waals surface area contributed by atoms with Crippen LogP contribution in [0.3, 0.4) is 0 Å². The fourth-order valence-electron chi connectivity index (χ4n) is 5.25. The van der Waals surface area contributed by atoms with Gasteiger partial charge in [0.05, 0.1) is 12.5 Å². The number of hydrogen-bond donors (Lipinski definition) is 0. The maximum absolute atomic E-state index is 12.4. The third-order valence-electron chi connectivity index (χ3n) is 6.56. The Morgan fingerprint density at radius 2 is 2.05 bits per heavy atom. The topological polar surface area (TPSA) is 43.4 Å². The monoisotopic (exact) mass is 262 g/mol. The smallest absolute Gasteiger partial charge is 0.316 e. The predicted octanol–water partition coefficient (Wildman–Crippen LogP) is 2.75. The Kier molecular flexibility index (Phi) is 2.52. The zero-order valence-corrected chi connectivity index (χ0v) is 11.9. The first-order valence-corrected chi connectivity index (χ1v) is 7.22. The van der Waals surface area contributed by atoms with Crippen LogP contribution >= 0.6 is 0 Å². The molecule has 0 radical (unpaired) electrons. The van der Waals surface area contributed by atoms with Gasteiger partial charge in [-0.1, -0.05) is 26.0 Å². The Morgan fingerprint density at radius 1 is 1.32 bits per heavy atom. The highest BCUT2D eigenvalue weighted by molar-refractivity contribution is 5.86. The van der Waals surface area contributed by atoms with Crippen LogP contribution < -0.4 is 0 Å². The highest BCUT2D eigenvalue weighted by Crippen LogP contribution is 2.71. The van der Waals surface area contributed by atoms with Gasteiger partial charge in [0, 0.05) is 5.41 Å². The van der Waals surface area contributed by atoms with Gasteiger partial charge in [-0.25, -0.2) is 0 Å². The molecule has 0 amide bonds. The van der Waals surface area contributed by atoms with Gasteiger partial charge in [-0.15, -0.1) is 0 Å². The fraction of sp³-hybridized carbons (Fsp3) is 0.750. The molecular weight excluding hydrogens is 240 g/mol. The lowest BCUT2D eigenvalue weighted by Crippen LogP contribution is -2.61. The second-order valence-corrected chi connectivity index (χ2v) is 6.84. The number of carbonyl (C=O) groups is 2. The molecule has 4 rings (SSSR count). The van der Waals surface area contributed by atoms with Crippen LogP contribution in [-0.2, 0) is 14.3 Å². The SMILES string of the molecule is COC(=O)[C@]12C=C[C@]3(CC1)[C@@H](CC[C@@H]3C)[C@]2(C)C=O. The predicted molar refractivity (Wildman–Crippen MR) is 71.3 cm³/mol. The first-order chi connectivity index (χ1) is 8.97. The molecule has 4 aliphatic carbocycles. The van der Waals surface area contributed by atoms with Crippen molar-refractivity contribution >= 4 is 12.3 Å². The molecule has 0 N–H and O–H groups in total. The number of aldehydes is 1. The molecular formula is C16H22O3. The maximum atomic E-state index is 12.4. The summed E-state index contributed by atoms with van der Waals surface area (Å²) in [6.45, 7) is 4.25. The third-order valence-corrected chi connectivity index (χ3v) is 6.56. The summed E-state index contributed by atoms with van der Waals surface area (Å²) in [5.41, 5.74) is -1.22. The molecule has 2 bridgehead atoms. The Hall–Kier alpha value is -1.12. The highest BCUT2D eigenvalue weighted by atomic mass is 16.5. The zero-order chi connectivity index (χ0) is 13.9. The summed E-state index contributed by atoms with van der Waals surface area (Å²) in [6.07, 6.45) is 9.20. The standard InChI is InChI=1S/C16H22O3/c1-11-4-5-12-14(2,10-17)16(13(18)19-3)8-6-15(11,12)7-9-16/h6,8,10-12H,4-5,7,9H2,1-3H3/t11-,12-,14-,15+,16-/m0/s1. The van der Waals surface area contributed by atoms with Crippen LogP contribution in [0.2, 0.25) is 0 Å². The van der Waals surface area contributed by atoms with E-state index in [4.69, 9.17) is 4.74 Å². The summed E-state index contributed by atoms with van der Waals surface area (Å²) in [5.74, 6) is 0.639. The molecule has 0 aromatic carbocycles. The van der Waals surface area contributed by atoms with Crippen molar-refractivity contribution in [3.8, 4) is 0 Å². The van der Waals surface area contributed by atoms with E-state index in [9.17, 15) is 9.59 Å². The summed E-state index contributed by atoms with van der Waals surface area (Å²) >= 11 is 0. The molecule has 0 aromatic rings. The van der Waals surface area contributed by atoms with Crippen molar-refractivity contribution in [1.82, 2.24) is 0 Å². The number of methoxy groups -OCH3 is 1. The van der Waals surface area contributed by atoms with Crippen LogP contribution in [0.1, 0.15) is 39.5 Å². The number of ether oxygens (including phenoxy) is 1. The average Bonchev–Trinajstić information content (AvgIpc) is 2.78. The Labute approximate surface area is 114 Å². The molecule has 4 aliphatic rings. The van der Waals surface area contributed by atoms with Gasteiger partial charge in [-0.3, -0.25) is 4.79 Å². The van der Waals surface area contributed by atoms with E-state index in [2.05, 4.69) is 13.0 Å². The van der Waals surface area contributed by atoms with Crippen LogP contribution in [0.25, 0.3) is 0 Å². The summed E-state index contributed by atoms with van der Waals surface area (Å²) in [7, 11) is 1.42. The lowest BCUT2D eigenvalue weighted by atomic mass is 9.42.